The molecule has 0 bridgehead atoms. The summed E-state index contributed by atoms with van der Waals surface area (Å²) in [7, 11) is 0. The lowest BCUT2D eigenvalue weighted by atomic mass is 9.32. The molecule has 44 heavy (non-hydrogen) atoms. The van der Waals surface area contributed by atoms with E-state index in [2.05, 4.69) is 53.7 Å². The average Bonchev–Trinajstić information content (AvgIpc) is 3.59. The molecule has 6 aliphatic rings. The number of rotatable bonds is 5. The van der Waals surface area contributed by atoms with Crippen molar-refractivity contribution in [1.82, 2.24) is 0 Å². The first kappa shape index (κ1) is 30.8. The molecule has 242 valence electrons. The zero-order valence-corrected chi connectivity index (χ0v) is 28.7. The Morgan fingerprint density at radius 2 is 1.45 bits per heavy atom. The van der Waals surface area contributed by atoms with Crippen LogP contribution in [0.1, 0.15) is 131 Å². The molecular weight excluding hydrogens is 544 g/mol. The number of esters is 2. The van der Waals surface area contributed by atoms with Crippen molar-refractivity contribution in [2.75, 3.05) is 0 Å². The first-order valence-corrected chi connectivity index (χ1v) is 18.1. The molecule has 1 aromatic carbocycles. The van der Waals surface area contributed by atoms with Crippen LogP contribution in [0.2, 0.25) is 0 Å². The molecule has 0 saturated heterocycles. The topological polar surface area (TPSA) is 52.6 Å². The summed E-state index contributed by atoms with van der Waals surface area (Å²) in [4.78, 5) is 26.4. The third-order valence-electron chi connectivity index (χ3n) is 16.2. The van der Waals surface area contributed by atoms with Gasteiger partial charge >= 0.3 is 11.9 Å². The minimum absolute atomic E-state index is 0.0148. The molecule has 6 fully saturated rings. The highest BCUT2D eigenvalue weighted by Crippen LogP contribution is 2.79. The van der Waals surface area contributed by atoms with E-state index < -0.39 is 0 Å². The summed E-state index contributed by atoms with van der Waals surface area (Å²) in [6.07, 6.45) is 14.1. The highest BCUT2D eigenvalue weighted by atomic mass is 16.5. The van der Waals surface area contributed by atoms with Gasteiger partial charge in [0.15, 0.2) is 0 Å². The van der Waals surface area contributed by atoms with Crippen LogP contribution < -0.4 is 0 Å². The highest BCUT2D eigenvalue weighted by Gasteiger charge is 2.73. The minimum atomic E-state index is -0.316. The van der Waals surface area contributed by atoms with Gasteiger partial charge < -0.3 is 9.47 Å². The molecule has 6 aliphatic carbocycles. The van der Waals surface area contributed by atoms with Crippen LogP contribution in [0.3, 0.4) is 0 Å². The Balaban J connectivity index is 1.21. The van der Waals surface area contributed by atoms with Gasteiger partial charge in [-0.05, 0) is 134 Å². The van der Waals surface area contributed by atoms with Gasteiger partial charge in [0, 0.05) is 12.3 Å². The molecule has 0 heterocycles. The third-order valence-corrected chi connectivity index (χ3v) is 16.2. The van der Waals surface area contributed by atoms with Crippen molar-refractivity contribution in [3.05, 3.63) is 35.9 Å². The van der Waals surface area contributed by atoms with Crippen LogP contribution in [0.25, 0.3) is 0 Å². The summed E-state index contributed by atoms with van der Waals surface area (Å²) in [5.74, 6) is 2.86. The van der Waals surface area contributed by atoms with Gasteiger partial charge in [-0.25, -0.2) is 0 Å². The Hall–Kier alpha value is -1.84. The zero-order chi connectivity index (χ0) is 31.3. The summed E-state index contributed by atoms with van der Waals surface area (Å²) < 4.78 is 12.2. The van der Waals surface area contributed by atoms with Gasteiger partial charge in [-0.2, -0.15) is 0 Å². The van der Waals surface area contributed by atoms with Crippen molar-refractivity contribution in [2.45, 2.75) is 138 Å². The number of benzene rings is 1. The molecule has 6 saturated carbocycles. The van der Waals surface area contributed by atoms with E-state index >= 15 is 0 Å². The lowest BCUT2D eigenvalue weighted by Gasteiger charge is -2.72. The molecule has 10 atom stereocenters. The van der Waals surface area contributed by atoms with Gasteiger partial charge in [0.05, 0.1) is 5.41 Å². The predicted octanol–water partition coefficient (Wildman–Crippen LogP) is 9.54. The first-order chi connectivity index (χ1) is 20.7. The lowest BCUT2D eigenvalue weighted by molar-refractivity contribution is -0.252. The molecule has 0 aromatic heterocycles. The first-order valence-electron chi connectivity index (χ1n) is 18.1. The molecule has 1 unspecified atom stereocenters. The fourth-order valence-electron chi connectivity index (χ4n) is 13.5. The fourth-order valence-corrected chi connectivity index (χ4v) is 13.5. The van der Waals surface area contributed by atoms with Gasteiger partial charge in [-0.15, -0.1) is 0 Å². The largest absolute Gasteiger partial charge is 0.462 e. The smallest absolute Gasteiger partial charge is 0.312 e. The van der Waals surface area contributed by atoms with Crippen molar-refractivity contribution in [3.8, 4) is 0 Å². The molecule has 4 nitrogen and oxygen atoms in total. The number of carbonyl (C=O) groups excluding carboxylic acids is 2. The summed E-state index contributed by atoms with van der Waals surface area (Å²) >= 11 is 0. The molecule has 7 rings (SSSR count). The molecule has 4 heteroatoms. The van der Waals surface area contributed by atoms with Crippen molar-refractivity contribution >= 4 is 11.9 Å². The number of fused-ring (bicyclic) bond motifs is 7. The average molecular weight is 603 g/mol. The van der Waals surface area contributed by atoms with E-state index in [1.165, 1.54) is 44.9 Å². The highest BCUT2D eigenvalue weighted by molar-refractivity contribution is 5.78. The summed E-state index contributed by atoms with van der Waals surface area (Å²) in [5.41, 5.74) is 1.89. The number of carbonyl (C=O) groups is 2. The normalized spacial score (nSPS) is 46.4. The zero-order valence-electron chi connectivity index (χ0n) is 28.7. The molecule has 0 amide bonds. The molecule has 0 aliphatic heterocycles. The second-order valence-corrected chi connectivity index (χ2v) is 18.2. The van der Waals surface area contributed by atoms with E-state index in [0.717, 1.165) is 37.7 Å². The Kier molecular flexibility index (Phi) is 7.05. The predicted molar refractivity (Wildman–Crippen MR) is 173 cm³/mol. The Morgan fingerprint density at radius 3 is 2.14 bits per heavy atom. The molecular formula is C40H58O4. The number of hydrogen-bond donors (Lipinski definition) is 0. The van der Waals surface area contributed by atoms with Crippen LogP contribution in [-0.2, 0) is 25.7 Å². The summed E-state index contributed by atoms with van der Waals surface area (Å²) in [5, 5.41) is 0. The van der Waals surface area contributed by atoms with E-state index in [0.29, 0.717) is 41.6 Å². The molecule has 0 radical (unpaired) electrons. The van der Waals surface area contributed by atoms with Crippen molar-refractivity contribution in [2.24, 2.45) is 62.1 Å². The maximum Gasteiger partial charge on any atom is 0.312 e. The Labute approximate surface area is 266 Å². The summed E-state index contributed by atoms with van der Waals surface area (Å²) in [6, 6.07) is 10.2. The van der Waals surface area contributed by atoms with Crippen molar-refractivity contribution < 1.29 is 19.1 Å². The van der Waals surface area contributed by atoms with Gasteiger partial charge in [-0.1, -0.05) is 71.9 Å². The van der Waals surface area contributed by atoms with Crippen LogP contribution in [0, 0.1) is 62.1 Å². The Bertz CT molecular complexity index is 1300. The quantitative estimate of drug-likeness (QED) is 0.315. The van der Waals surface area contributed by atoms with Crippen LogP contribution >= 0.6 is 0 Å². The maximum absolute atomic E-state index is 14.4. The monoisotopic (exact) mass is 602 g/mol. The SMILES string of the molecule is CC(=O)O[C@H]1CC[C@]2(C)[C@H]3CC[C@@H]4[C@H]5C(C6(C)CC6)CC[C@]5(C(=O)OCc5ccccc5)CC[C@@]4(C)[C@]3(C)CC[C@H]2C1(C)C. The molecule has 0 spiro atoms. The van der Waals surface area contributed by atoms with Crippen LogP contribution in [-0.4, -0.2) is 18.0 Å². The molecule has 0 N–H and O–H groups in total. The van der Waals surface area contributed by atoms with Crippen LogP contribution in [0.4, 0.5) is 0 Å². The number of ether oxygens (including phenoxy) is 2. The second-order valence-electron chi connectivity index (χ2n) is 18.2. The van der Waals surface area contributed by atoms with Gasteiger partial charge in [-0.3, -0.25) is 9.59 Å². The van der Waals surface area contributed by atoms with Gasteiger partial charge in [0.25, 0.3) is 0 Å². The molecule has 1 aromatic rings. The van der Waals surface area contributed by atoms with Crippen LogP contribution in [0.5, 0.6) is 0 Å². The van der Waals surface area contributed by atoms with E-state index in [-0.39, 0.29) is 45.1 Å². The van der Waals surface area contributed by atoms with E-state index in [4.69, 9.17) is 9.47 Å². The van der Waals surface area contributed by atoms with Crippen molar-refractivity contribution in [1.29, 1.82) is 0 Å². The van der Waals surface area contributed by atoms with Gasteiger partial charge in [0.1, 0.15) is 12.7 Å². The van der Waals surface area contributed by atoms with Crippen LogP contribution in [0.15, 0.2) is 30.3 Å². The van der Waals surface area contributed by atoms with E-state index in [1.807, 2.05) is 18.2 Å². The third kappa shape index (κ3) is 4.20. The fraction of sp³-hybridized carbons (Fsp3) is 0.800. The van der Waals surface area contributed by atoms with Gasteiger partial charge in [0.2, 0.25) is 0 Å². The number of hydrogen-bond acceptors (Lipinski definition) is 4. The lowest BCUT2D eigenvalue weighted by Crippen LogP contribution is -2.67. The standard InChI is InChI=1S/C40H58O4/c1-26(41)44-32-17-18-37(5)30(35(32,2)3)16-19-39(7)31(37)14-13-29-33-28(36(4)21-22-36)15-20-40(33,24-23-38(29,39)6)34(42)43-25-27-11-9-8-10-12-27/h8-12,28-33H,13-25H2,1-7H3/t28?,29-,30+,31-,32+,33-,37+,38-,39-,40+/m1/s1. The Morgan fingerprint density at radius 1 is 0.727 bits per heavy atom. The maximum atomic E-state index is 14.4. The second kappa shape index (κ2) is 10.1. The van der Waals surface area contributed by atoms with E-state index in [9.17, 15) is 9.59 Å². The minimum Gasteiger partial charge on any atom is -0.462 e. The van der Waals surface area contributed by atoms with Crippen molar-refractivity contribution in [3.63, 3.8) is 0 Å². The van der Waals surface area contributed by atoms with E-state index in [1.54, 1.807) is 6.92 Å². The summed E-state index contributed by atoms with van der Waals surface area (Å²) in [6.45, 7) is 17.2.